The van der Waals surface area contributed by atoms with Crippen molar-refractivity contribution in [3.63, 3.8) is 0 Å². The van der Waals surface area contributed by atoms with Crippen molar-refractivity contribution >= 4 is 46.6 Å². The highest BCUT2D eigenvalue weighted by Crippen LogP contribution is 2.31. The first-order valence-electron chi connectivity index (χ1n) is 7.70. The lowest BCUT2D eigenvalue weighted by Gasteiger charge is -2.08. The number of rotatable bonds is 6. The van der Waals surface area contributed by atoms with E-state index in [1.165, 1.54) is 11.8 Å². The molecule has 0 spiro atoms. The predicted octanol–water partition coefficient (Wildman–Crippen LogP) is 4.42. The number of thioether (sulfide) groups is 1. The fourth-order valence-electron chi connectivity index (χ4n) is 2.15. The van der Waals surface area contributed by atoms with Crippen molar-refractivity contribution in [1.29, 1.82) is 0 Å². The Kier molecular flexibility index (Phi) is 5.43. The molecule has 4 nitrogen and oxygen atoms in total. The van der Waals surface area contributed by atoms with Gasteiger partial charge in [-0.05, 0) is 43.2 Å². The summed E-state index contributed by atoms with van der Waals surface area (Å²) in [6, 6.07) is 14.7. The van der Waals surface area contributed by atoms with Gasteiger partial charge in [-0.25, -0.2) is 0 Å². The average molecular weight is 361 g/mol. The molecule has 124 valence electrons. The van der Waals surface area contributed by atoms with Gasteiger partial charge in [0.1, 0.15) is 0 Å². The molecule has 1 aliphatic carbocycles. The van der Waals surface area contributed by atoms with Gasteiger partial charge in [-0.3, -0.25) is 9.59 Å². The Morgan fingerprint density at radius 3 is 2.62 bits per heavy atom. The molecule has 0 aliphatic heterocycles. The second kappa shape index (κ2) is 7.73. The summed E-state index contributed by atoms with van der Waals surface area (Å²) in [4.78, 5) is 24.8. The minimum Gasteiger partial charge on any atom is -0.326 e. The molecule has 2 amide bonds. The summed E-state index contributed by atoms with van der Waals surface area (Å²) in [6.07, 6.45) is 1.95. The first-order chi connectivity index (χ1) is 11.6. The van der Waals surface area contributed by atoms with Gasteiger partial charge >= 0.3 is 0 Å². The molecule has 0 saturated heterocycles. The highest BCUT2D eigenvalue weighted by atomic mass is 35.5. The van der Waals surface area contributed by atoms with Crippen molar-refractivity contribution in [2.45, 2.75) is 17.7 Å². The summed E-state index contributed by atoms with van der Waals surface area (Å²) in [5.74, 6) is 0.391. The fraction of sp³-hybridized carbons (Fsp3) is 0.222. The zero-order valence-corrected chi connectivity index (χ0v) is 14.5. The summed E-state index contributed by atoms with van der Waals surface area (Å²) >= 11 is 7.44. The zero-order valence-electron chi connectivity index (χ0n) is 12.9. The van der Waals surface area contributed by atoms with Gasteiger partial charge in [-0.2, -0.15) is 0 Å². The zero-order chi connectivity index (χ0) is 16.9. The number of hydrogen-bond donors (Lipinski definition) is 2. The maximum absolute atomic E-state index is 12.0. The molecule has 1 fully saturated rings. The molecule has 0 radical (unpaired) electrons. The summed E-state index contributed by atoms with van der Waals surface area (Å²) < 4.78 is 0. The smallest absolute Gasteiger partial charge is 0.234 e. The maximum Gasteiger partial charge on any atom is 0.234 e. The van der Waals surface area contributed by atoms with Gasteiger partial charge in [0.05, 0.1) is 16.5 Å². The Morgan fingerprint density at radius 1 is 1.08 bits per heavy atom. The van der Waals surface area contributed by atoms with E-state index >= 15 is 0 Å². The number of anilines is 2. The van der Waals surface area contributed by atoms with E-state index in [0.717, 1.165) is 23.4 Å². The van der Waals surface area contributed by atoms with Crippen LogP contribution in [-0.2, 0) is 9.59 Å². The average Bonchev–Trinajstić information content (AvgIpc) is 3.40. The predicted molar refractivity (Wildman–Crippen MR) is 98.6 cm³/mol. The van der Waals surface area contributed by atoms with Crippen LogP contribution in [0.15, 0.2) is 53.4 Å². The SMILES string of the molecule is O=C(CSc1cccc(NC(=O)C2CC2)c1)Nc1ccccc1Cl. The minimum atomic E-state index is -0.125. The fourth-order valence-corrected chi connectivity index (χ4v) is 3.09. The molecular formula is C18H17ClN2O2S. The van der Waals surface area contributed by atoms with Crippen LogP contribution in [0.1, 0.15) is 12.8 Å². The second-order valence-corrected chi connectivity index (χ2v) is 7.06. The van der Waals surface area contributed by atoms with Gasteiger partial charge < -0.3 is 10.6 Å². The maximum atomic E-state index is 12.0. The normalized spacial score (nSPS) is 13.4. The molecule has 2 aromatic rings. The summed E-state index contributed by atoms with van der Waals surface area (Å²) in [7, 11) is 0. The van der Waals surface area contributed by atoms with Crippen LogP contribution in [0.2, 0.25) is 5.02 Å². The van der Waals surface area contributed by atoms with Crippen molar-refractivity contribution in [2.24, 2.45) is 5.92 Å². The summed E-state index contributed by atoms with van der Waals surface area (Å²) in [6.45, 7) is 0. The number of hydrogen-bond acceptors (Lipinski definition) is 3. The van der Waals surface area contributed by atoms with Crippen molar-refractivity contribution < 1.29 is 9.59 Å². The number of carbonyl (C=O) groups is 2. The third-order valence-electron chi connectivity index (χ3n) is 3.57. The van der Waals surface area contributed by atoms with Gasteiger partial charge in [-0.1, -0.05) is 29.8 Å². The lowest BCUT2D eigenvalue weighted by atomic mass is 10.3. The van der Waals surface area contributed by atoms with E-state index in [4.69, 9.17) is 11.6 Å². The largest absolute Gasteiger partial charge is 0.326 e. The van der Waals surface area contributed by atoms with Crippen LogP contribution >= 0.6 is 23.4 Å². The van der Waals surface area contributed by atoms with Gasteiger partial charge in [0, 0.05) is 16.5 Å². The molecule has 0 heterocycles. The van der Waals surface area contributed by atoms with Crippen molar-refractivity contribution in [3.05, 3.63) is 53.6 Å². The van der Waals surface area contributed by atoms with Crippen molar-refractivity contribution in [1.82, 2.24) is 0 Å². The molecule has 0 aromatic heterocycles. The van der Waals surface area contributed by atoms with E-state index in [2.05, 4.69) is 10.6 Å². The standard InChI is InChI=1S/C18H17ClN2O2S/c19-15-6-1-2-7-16(15)21-17(22)11-24-14-5-3-4-13(10-14)20-18(23)12-8-9-12/h1-7,10,12H,8-9,11H2,(H,20,23)(H,21,22). The van der Waals surface area contributed by atoms with Crippen LogP contribution in [0.3, 0.4) is 0 Å². The molecule has 2 N–H and O–H groups in total. The first-order valence-corrected chi connectivity index (χ1v) is 9.06. The quantitative estimate of drug-likeness (QED) is 0.750. The molecule has 1 aliphatic rings. The number of benzene rings is 2. The van der Waals surface area contributed by atoms with Crippen molar-refractivity contribution in [3.8, 4) is 0 Å². The van der Waals surface area contributed by atoms with Crippen LogP contribution in [0.5, 0.6) is 0 Å². The molecule has 0 unspecified atom stereocenters. The Labute approximate surface area is 150 Å². The third-order valence-corrected chi connectivity index (χ3v) is 4.89. The second-order valence-electron chi connectivity index (χ2n) is 5.61. The number of para-hydroxylation sites is 1. The molecule has 3 rings (SSSR count). The third kappa shape index (κ3) is 4.76. The lowest BCUT2D eigenvalue weighted by molar-refractivity contribution is -0.117. The molecule has 24 heavy (non-hydrogen) atoms. The van der Waals surface area contributed by atoms with Crippen LogP contribution in [0, 0.1) is 5.92 Å². The number of carbonyl (C=O) groups excluding carboxylic acids is 2. The number of nitrogens with one attached hydrogen (secondary N) is 2. The van der Waals surface area contributed by atoms with Gasteiger partial charge in [-0.15, -0.1) is 11.8 Å². The van der Waals surface area contributed by atoms with E-state index in [1.807, 2.05) is 36.4 Å². The molecular weight excluding hydrogens is 344 g/mol. The Hall–Kier alpha value is -1.98. The molecule has 1 saturated carbocycles. The monoisotopic (exact) mass is 360 g/mol. The topological polar surface area (TPSA) is 58.2 Å². The van der Waals surface area contributed by atoms with Crippen LogP contribution in [-0.4, -0.2) is 17.6 Å². The van der Waals surface area contributed by atoms with Crippen molar-refractivity contribution in [2.75, 3.05) is 16.4 Å². The summed E-state index contributed by atoms with van der Waals surface area (Å²) in [5.41, 5.74) is 1.37. The minimum absolute atomic E-state index is 0.0774. The van der Waals surface area contributed by atoms with Gasteiger partial charge in [0.25, 0.3) is 0 Å². The molecule has 6 heteroatoms. The van der Waals surface area contributed by atoms with E-state index in [-0.39, 0.29) is 23.5 Å². The Morgan fingerprint density at radius 2 is 1.88 bits per heavy atom. The van der Waals surface area contributed by atoms with E-state index < -0.39 is 0 Å². The van der Waals surface area contributed by atoms with Crippen LogP contribution < -0.4 is 10.6 Å². The molecule has 0 atom stereocenters. The number of amides is 2. The van der Waals surface area contributed by atoms with Gasteiger partial charge in [0.2, 0.25) is 11.8 Å². The Bertz CT molecular complexity index is 762. The summed E-state index contributed by atoms with van der Waals surface area (Å²) in [5, 5.41) is 6.21. The van der Waals surface area contributed by atoms with Crippen LogP contribution in [0.25, 0.3) is 0 Å². The van der Waals surface area contributed by atoms with E-state index in [9.17, 15) is 9.59 Å². The van der Waals surface area contributed by atoms with E-state index in [1.54, 1.807) is 12.1 Å². The van der Waals surface area contributed by atoms with Crippen LogP contribution in [0.4, 0.5) is 11.4 Å². The van der Waals surface area contributed by atoms with Gasteiger partial charge in [0.15, 0.2) is 0 Å². The lowest BCUT2D eigenvalue weighted by Crippen LogP contribution is -2.14. The molecule has 0 bridgehead atoms. The van der Waals surface area contributed by atoms with E-state index in [0.29, 0.717) is 10.7 Å². The molecule has 2 aromatic carbocycles. The highest BCUT2D eigenvalue weighted by Gasteiger charge is 2.29. The Balaban J connectivity index is 1.53. The highest BCUT2D eigenvalue weighted by molar-refractivity contribution is 8.00. The number of halogens is 1. The first kappa shape index (κ1) is 16.9.